The Balaban J connectivity index is 1.88. The highest BCUT2D eigenvalue weighted by molar-refractivity contribution is 5.29. The third kappa shape index (κ3) is 2.02. The molecule has 94 valence electrons. The van der Waals surface area contributed by atoms with Gasteiger partial charge in [0.05, 0.1) is 6.10 Å². The molecule has 0 radical (unpaired) electrons. The van der Waals surface area contributed by atoms with Crippen LogP contribution in [0.15, 0.2) is 12.3 Å². The average molecular weight is 234 g/mol. The van der Waals surface area contributed by atoms with Crippen LogP contribution in [0.3, 0.4) is 0 Å². The van der Waals surface area contributed by atoms with E-state index in [-0.39, 0.29) is 6.04 Å². The van der Waals surface area contributed by atoms with Crippen molar-refractivity contribution in [3.63, 3.8) is 0 Å². The van der Waals surface area contributed by atoms with Crippen molar-refractivity contribution < 1.29 is 4.74 Å². The van der Waals surface area contributed by atoms with Gasteiger partial charge in [-0.3, -0.25) is 0 Å². The molecule has 1 aromatic rings. The van der Waals surface area contributed by atoms with E-state index in [1.54, 1.807) is 0 Å². The van der Waals surface area contributed by atoms with Crippen LogP contribution in [-0.2, 0) is 11.2 Å². The lowest BCUT2D eigenvalue weighted by molar-refractivity contribution is 0.00545. The highest BCUT2D eigenvalue weighted by Crippen LogP contribution is 2.34. The number of nitrogens with zero attached hydrogens (tertiary/aromatic N) is 1. The predicted molar refractivity (Wildman–Crippen MR) is 68.0 cm³/mol. The first kappa shape index (κ1) is 11.3. The van der Waals surface area contributed by atoms with Crippen molar-refractivity contribution in [2.75, 3.05) is 6.61 Å². The number of hydrogen-bond acceptors (Lipinski definition) is 2. The monoisotopic (exact) mass is 234 g/mol. The molecule has 17 heavy (non-hydrogen) atoms. The van der Waals surface area contributed by atoms with Gasteiger partial charge in [0.1, 0.15) is 0 Å². The maximum absolute atomic E-state index is 6.18. The fourth-order valence-corrected chi connectivity index (χ4v) is 3.32. The molecule has 0 spiro atoms. The first-order valence-corrected chi connectivity index (χ1v) is 6.82. The van der Waals surface area contributed by atoms with Crippen molar-refractivity contribution in [2.45, 2.75) is 57.2 Å². The van der Waals surface area contributed by atoms with E-state index in [0.29, 0.717) is 12.1 Å². The van der Waals surface area contributed by atoms with Gasteiger partial charge in [-0.1, -0.05) is 0 Å². The molecule has 1 aliphatic carbocycles. The summed E-state index contributed by atoms with van der Waals surface area (Å²) in [7, 11) is 0. The fourth-order valence-electron chi connectivity index (χ4n) is 3.32. The van der Waals surface area contributed by atoms with E-state index in [9.17, 15) is 0 Å². The van der Waals surface area contributed by atoms with Crippen LogP contribution >= 0.6 is 0 Å². The molecule has 2 heterocycles. The van der Waals surface area contributed by atoms with Gasteiger partial charge in [-0.15, -0.1) is 0 Å². The molecule has 2 aliphatic rings. The Morgan fingerprint density at radius 2 is 2.29 bits per heavy atom. The Morgan fingerprint density at radius 3 is 3.12 bits per heavy atom. The third-order valence-corrected chi connectivity index (χ3v) is 4.24. The summed E-state index contributed by atoms with van der Waals surface area (Å²) in [5.41, 5.74) is 9.05. The Bertz CT molecular complexity index is 399. The Hall–Kier alpha value is -0.800. The van der Waals surface area contributed by atoms with Crippen molar-refractivity contribution in [1.82, 2.24) is 4.57 Å². The SMILES string of the molecule is CC1CC(n2ccc3c2CCCC3N)CCO1. The standard InChI is InChI=1S/C14H22N2O/c1-10-9-11(6-8-17-10)16-7-5-12-13(15)3-2-4-14(12)16/h5,7,10-11,13H,2-4,6,8-9,15H2,1H3. The van der Waals surface area contributed by atoms with Crippen molar-refractivity contribution >= 4 is 0 Å². The summed E-state index contributed by atoms with van der Waals surface area (Å²) in [6.07, 6.45) is 8.49. The van der Waals surface area contributed by atoms with Gasteiger partial charge in [-0.05, 0) is 50.7 Å². The zero-order chi connectivity index (χ0) is 11.8. The number of rotatable bonds is 1. The van der Waals surface area contributed by atoms with Gasteiger partial charge in [0, 0.05) is 30.6 Å². The molecular formula is C14H22N2O. The summed E-state index contributed by atoms with van der Waals surface area (Å²) in [5, 5.41) is 0. The summed E-state index contributed by atoms with van der Waals surface area (Å²) in [5.74, 6) is 0. The summed E-state index contributed by atoms with van der Waals surface area (Å²) in [6, 6.07) is 3.12. The van der Waals surface area contributed by atoms with Crippen molar-refractivity contribution in [1.29, 1.82) is 0 Å². The molecule has 1 fully saturated rings. The second kappa shape index (κ2) is 4.46. The van der Waals surface area contributed by atoms with Crippen LogP contribution in [0.25, 0.3) is 0 Å². The lowest BCUT2D eigenvalue weighted by atomic mass is 9.93. The summed E-state index contributed by atoms with van der Waals surface area (Å²) < 4.78 is 8.11. The van der Waals surface area contributed by atoms with E-state index in [4.69, 9.17) is 10.5 Å². The second-order valence-corrected chi connectivity index (χ2v) is 5.48. The number of ether oxygens (including phenoxy) is 1. The minimum atomic E-state index is 0.261. The molecule has 0 aromatic carbocycles. The van der Waals surface area contributed by atoms with E-state index in [1.807, 2.05) is 0 Å². The topological polar surface area (TPSA) is 40.2 Å². The first-order valence-electron chi connectivity index (χ1n) is 6.82. The van der Waals surface area contributed by atoms with Crippen LogP contribution in [0.2, 0.25) is 0 Å². The van der Waals surface area contributed by atoms with Gasteiger partial charge < -0.3 is 15.0 Å². The summed E-state index contributed by atoms with van der Waals surface area (Å²) >= 11 is 0. The molecule has 3 rings (SSSR count). The van der Waals surface area contributed by atoms with E-state index in [0.717, 1.165) is 25.9 Å². The van der Waals surface area contributed by atoms with Gasteiger partial charge in [0.25, 0.3) is 0 Å². The molecule has 1 aliphatic heterocycles. The Morgan fingerprint density at radius 1 is 1.41 bits per heavy atom. The van der Waals surface area contributed by atoms with Gasteiger partial charge in [0.2, 0.25) is 0 Å². The van der Waals surface area contributed by atoms with Crippen molar-refractivity contribution in [2.24, 2.45) is 5.73 Å². The van der Waals surface area contributed by atoms with Gasteiger partial charge >= 0.3 is 0 Å². The predicted octanol–water partition coefficient (Wildman–Crippen LogP) is 2.56. The molecule has 3 nitrogen and oxygen atoms in total. The molecule has 0 bridgehead atoms. The molecule has 3 atom stereocenters. The lowest BCUT2D eigenvalue weighted by Crippen LogP contribution is -2.27. The van der Waals surface area contributed by atoms with Crippen LogP contribution in [0.1, 0.15) is 55.9 Å². The summed E-state index contributed by atoms with van der Waals surface area (Å²) in [4.78, 5) is 0. The number of hydrogen-bond donors (Lipinski definition) is 1. The minimum Gasteiger partial charge on any atom is -0.378 e. The molecule has 3 heteroatoms. The lowest BCUT2D eigenvalue weighted by Gasteiger charge is -2.31. The molecule has 3 unspecified atom stereocenters. The molecule has 1 saturated heterocycles. The quantitative estimate of drug-likeness (QED) is 0.811. The molecule has 1 aromatic heterocycles. The molecule has 0 amide bonds. The van der Waals surface area contributed by atoms with E-state index in [2.05, 4.69) is 23.8 Å². The smallest absolute Gasteiger partial charge is 0.0566 e. The summed E-state index contributed by atoms with van der Waals surface area (Å²) in [6.45, 7) is 3.07. The van der Waals surface area contributed by atoms with Gasteiger partial charge in [0.15, 0.2) is 0 Å². The first-order chi connectivity index (χ1) is 8.25. The molecular weight excluding hydrogens is 212 g/mol. The number of aromatic nitrogens is 1. The van der Waals surface area contributed by atoms with Crippen molar-refractivity contribution in [3.8, 4) is 0 Å². The highest BCUT2D eigenvalue weighted by Gasteiger charge is 2.26. The Kier molecular flexibility index (Phi) is 2.97. The zero-order valence-corrected chi connectivity index (χ0v) is 10.6. The van der Waals surface area contributed by atoms with Crippen LogP contribution in [0.5, 0.6) is 0 Å². The maximum Gasteiger partial charge on any atom is 0.0566 e. The minimum absolute atomic E-state index is 0.261. The van der Waals surface area contributed by atoms with Gasteiger partial charge in [-0.25, -0.2) is 0 Å². The fraction of sp³-hybridized carbons (Fsp3) is 0.714. The molecule has 0 saturated carbocycles. The maximum atomic E-state index is 6.18. The van der Waals surface area contributed by atoms with Crippen LogP contribution in [0.4, 0.5) is 0 Å². The third-order valence-electron chi connectivity index (χ3n) is 4.24. The van der Waals surface area contributed by atoms with E-state index in [1.165, 1.54) is 24.1 Å². The second-order valence-electron chi connectivity index (χ2n) is 5.48. The largest absolute Gasteiger partial charge is 0.378 e. The normalized spacial score (nSPS) is 33.4. The van der Waals surface area contributed by atoms with Crippen LogP contribution < -0.4 is 5.73 Å². The Labute approximate surface area is 103 Å². The van der Waals surface area contributed by atoms with Crippen molar-refractivity contribution in [3.05, 3.63) is 23.5 Å². The number of fused-ring (bicyclic) bond motifs is 1. The van der Waals surface area contributed by atoms with E-state index >= 15 is 0 Å². The average Bonchev–Trinajstić information content (AvgIpc) is 2.74. The van der Waals surface area contributed by atoms with Crippen LogP contribution in [-0.4, -0.2) is 17.3 Å². The van der Waals surface area contributed by atoms with E-state index < -0.39 is 0 Å². The molecule has 2 N–H and O–H groups in total. The number of nitrogens with two attached hydrogens (primary N) is 1. The van der Waals surface area contributed by atoms with Crippen LogP contribution in [0, 0.1) is 0 Å². The zero-order valence-electron chi connectivity index (χ0n) is 10.6. The highest BCUT2D eigenvalue weighted by atomic mass is 16.5. The van der Waals surface area contributed by atoms with Gasteiger partial charge in [-0.2, -0.15) is 0 Å².